The molecule has 1 heterocycles. The second-order valence-electron chi connectivity index (χ2n) is 5.43. The molecular weight excluding hydrogens is 226 g/mol. The zero-order chi connectivity index (χ0) is 13.3. The minimum atomic E-state index is -0.606. The number of nitrogens with one attached hydrogen (secondary N) is 1. The molecule has 4 nitrogen and oxygen atoms in total. The Morgan fingerprint density at radius 1 is 1.50 bits per heavy atom. The van der Waals surface area contributed by atoms with E-state index < -0.39 is 5.60 Å². The number of β-amino-alcohol motifs (C(OH)–C–C–N with tert-alkyl or cyclic N) is 1. The molecular formula is C14H21N3O. The molecule has 2 rings (SSSR count). The van der Waals surface area contributed by atoms with E-state index in [1.54, 1.807) is 0 Å². The van der Waals surface area contributed by atoms with Crippen molar-refractivity contribution in [1.82, 2.24) is 0 Å². The molecule has 1 aromatic carbocycles. The summed E-state index contributed by atoms with van der Waals surface area (Å²) in [6, 6.07) is 5.90. The summed E-state index contributed by atoms with van der Waals surface area (Å²) in [4.78, 5) is 2.19. The minimum absolute atomic E-state index is 0.102. The van der Waals surface area contributed by atoms with E-state index in [-0.39, 0.29) is 5.84 Å². The maximum Gasteiger partial charge on any atom is 0.123 e. The third-order valence-electron chi connectivity index (χ3n) is 3.54. The number of aliphatic hydroxyl groups is 1. The number of benzene rings is 1. The lowest BCUT2D eigenvalue weighted by atomic mass is 9.94. The van der Waals surface area contributed by atoms with Gasteiger partial charge in [0.05, 0.1) is 5.60 Å². The van der Waals surface area contributed by atoms with E-state index in [1.165, 1.54) is 0 Å². The third kappa shape index (κ3) is 2.64. The Hall–Kier alpha value is -1.55. The Bertz CT molecular complexity index is 468. The topological polar surface area (TPSA) is 73.3 Å². The molecule has 0 bridgehead atoms. The van der Waals surface area contributed by atoms with E-state index in [0.717, 1.165) is 36.2 Å². The highest BCUT2D eigenvalue weighted by molar-refractivity contribution is 5.96. The minimum Gasteiger partial charge on any atom is -0.388 e. The summed E-state index contributed by atoms with van der Waals surface area (Å²) in [5, 5.41) is 17.6. The van der Waals surface area contributed by atoms with Crippen LogP contribution in [0.3, 0.4) is 0 Å². The Kier molecular flexibility index (Phi) is 3.30. The number of nitrogens with zero attached hydrogens (tertiary/aromatic N) is 1. The summed E-state index contributed by atoms with van der Waals surface area (Å²) < 4.78 is 0. The van der Waals surface area contributed by atoms with Crippen molar-refractivity contribution in [3.8, 4) is 0 Å². The van der Waals surface area contributed by atoms with Crippen LogP contribution >= 0.6 is 0 Å². The molecule has 0 aliphatic carbocycles. The van der Waals surface area contributed by atoms with Crippen molar-refractivity contribution in [2.24, 2.45) is 5.73 Å². The van der Waals surface area contributed by atoms with Gasteiger partial charge in [-0.25, -0.2) is 0 Å². The average molecular weight is 247 g/mol. The van der Waals surface area contributed by atoms with Gasteiger partial charge in [0, 0.05) is 24.3 Å². The summed E-state index contributed by atoms with van der Waals surface area (Å²) in [6.45, 7) is 5.47. The summed E-state index contributed by atoms with van der Waals surface area (Å²) in [6.07, 6.45) is 1.86. The molecule has 0 spiro atoms. The van der Waals surface area contributed by atoms with Crippen molar-refractivity contribution in [2.75, 3.05) is 18.0 Å². The smallest absolute Gasteiger partial charge is 0.123 e. The number of piperidine rings is 1. The van der Waals surface area contributed by atoms with E-state index >= 15 is 0 Å². The number of hydrogen-bond donors (Lipinski definition) is 3. The lowest BCUT2D eigenvalue weighted by Crippen LogP contribution is -2.46. The van der Waals surface area contributed by atoms with Crippen LogP contribution in [0.5, 0.6) is 0 Å². The number of anilines is 1. The highest BCUT2D eigenvalue weighted by atomic mass is 16.3. The monoisotopic (exact) mass is 247 g/mol. The van der Waals surface area contributed by atoms with Crippen molar-refractivity contribution < 1.29 is 5.11 Å². The summed E-state index contributed by atoms with van der Waals surface area (Å²) in [7, 11) is 0. The van der Waals surface area contributed by atoms with Gasteiger partial charge < -0.3 is 15.7 Å². The van der Waals surface area contributed by atoms with Crippen LogP contribution in [0.4, 0.5) is 5.69 Å². The Labute approximate surface area is 108 Å². The van der Waals surface area contributed by atoms with Gasteiger partial charge in [0.25, 0.3) is 0 Å². The number of nitrogen functional groups attached to an aromatic ring is 1. The van der Waals surface area contributed by atoms with Crippen LogP contribution in [0.15, 0.2) is 18.2 Å². The summed E-state index contributed by atoms with van der Waals surface area (Å²) in [5.74, 6) is 0.102. The highest BCUT2D eigenvalue weighted by Crippen LogP contribution is 2.27. The van der Waals surface area contributed by atoms with Crippen LogP contribution in [-0.4, -0.2) is 29.6 Å². The average Bonchev–Trinajstić information content (AvgIpc) is 2.27. The summed E-state index contributed by atoms with van der Waals surface area (Å²) in [5.41, 5.74) is 7.79. The van der Waals surface area contributed by atoms with Gasteiger partial charge in [-0.1, -0.05) is 0 Å². The molecule has 0 saturated carbocycles. The molecule has 1 atom stereocenters. The zero-order valence-electron chi connectivity index (χ0n) is 11.0. The molecule has 1 fully saturated rings. The normalized spacial score (nSPS) is 24.1. The first kappa shape index (κ1) is 12.9. The van der Waals surface area contributed by atoms with Gasteiger partial charge in [0.1, 0.15) is 5.84 Å². The molecule has 98 valence electrons. The predicted molar refractivity (Wildman–Crippen MR) is 74.3 cm³/mol. The molecule has 1 aliphatic rings. The Morgan fingerprint density at radius 2 is 2.22 bits per heavy atom. The van der Waals surface area contributed by atoms with Gasteiger partial charge in [-0.15, -0.1) is 0 Å². The molecule has 1 saturated heterocycles. The molecule has 4 heteroatoms. The lowest BCUT2D eigenvalue weighted by Gasteiger charge is -2.38. The van der Waals surface area contributed by atoms with Crippen LogP contribution in [0.2, 0.25) is 0 Å². The lowest BCUT2D eigenvalue weighted by molar-refractivity contribution is 0.0449. The van der Waals surface area contributed by atoms with Crippen molar-refractivity contribution in [2.45, 2.75) is 32.3 Å². The SMILES string of the molecule is Cc1cc(N2CCCC(C)(O)C2)ccc1C(=N)N. The molecule has 1 aliphatic heterocycles. The molecule has 1 aromatic rings. The van der Waals surface area contributed by atoms with E-state index in [2.05, 4.69) is 4.90 Å². The first-order valence-corrected chi connectivity index (χ1v) is 6.31. The molecule has 18 heavy (non-hydrogen) atoms. The zero-order valence-corrected chi connectivity index (χ0v) is 11.0. The number of rotatable bonds is 2. The Balaban J connectivity index is 2.24. The van der Waals surface area contributed by atoms with Gasteiger partial charge in [0.15, 0.2) is 0 Å². The van der Waals surface area contributed by atoms with Crippen molar-refractivity contribution in [3.05, 3.63) is 29.3 Å². The standard InChI is InChI=1S/C14H21N3O/c1-10-8-11(4-5-12(10)13(15)16)17-7-3-6-14(2,18)9-17/h4-5,8,18H,3,6-7,9H2,1-2H3,(H3,15,16). The van der Waals surface area contributed by atoms with E-state index in [9.17, 15) is 5.11 Å². The van der Waals surface area contributed by atoms with Crippen molar-refractivity contribution in [3.63, 3.8) is 0 Å². The fraction of sp³-hybridized carbons (Fsp3) is 0.500. The second kappa shape index (κ2) is 4.61. The van der Waals surface area contributed by atoms with Crippen LogP contribution in [0.1, 0.15) is 30.9 Å². The number of aryl methyl sites for hydroxylation is 1. The van der Waals surface area contributed by atoms with E-state index in [0.29, 0.717) is 6.54 Å². The fourth-order valence-electron chi connectivity index (χ4n) is 2.59. The molecule has 1 unspecified atom stereocenters. The molecule has 4 N–H and O–H groups in total. The Morgan fingerprint density at radius 3 is 2.78 bits per heavy atom. The third-order valence-corrected chi connectivity index (χ3v) is 3.54. The molecule has 0 amide bonds. The largest absolute Gasteiger partial charge is 0.388 e. The van der Waals surface area contributed by atoms with E-state index in [4.69, 9.17) is 11.1 Å². The first-order chi connectivity index (χ1) is 8.39. The predicted octanol–water partition coefficient (Wildman–Crippen LogP) is 1.63. The van der Waals surface area contributed by atoms with Crippen molar-refractivity contribution >= 4 is 11.5 Å². The van der Waals surface area contributed by atoms with Crippen LogP contribution in [0.25, 0.3) is 0 Å². The van der Waals surface area contributed by atoms with Gasteiger partial charge in [-0.2, -0.15) is 0 Å². The molecule has 0 radical (unpaired) electrons. The number of nitrogens with two attached hydrogens (primary N) is 1. The maximum atomic E-state index is 10.1. The molecule has 0 aromatic heterocycles. The van der Waals surface area contributed by atoms with Crippen LogP contribution in [-0.2, 0) is 0 Å². The van der Waals surface area contributed by atoms with E-state index in [1.807, 2.05) is 32.0 Å². The van der Waals surface area contributed by atoms with Crippen LogP contribution in [0, 0.1) is 12.3 Å². The number of hydrogen-bond acceptors (Lipinski definition) is 3. The summed E-state index contributed by atoms with van der Waals surface area (Å²) >= 11 is 0. The first-order valence-electron chi connectivity index (χ1n) is 6.31. The van der Waals surface area contributed by atoms with Gasteiger partial charge in [0.2, 0.25) is 0 Å². The van der Waals surface area contributed by atoms with Gasteiger partial charge in [-0.3, -0.25) is 5.41 Å². The highest BCUT2D eigenvalue weighted by Gasteiger charge is 2.28. The second-order valence-corrected chi connectivity index (χ2v) is 5.43. The van der Waals surface area contributed by atoms with Crippen LogP contribution < -0.4 is 10.6 Å². The maximum absolute atomic E-state index is 10.1. The van der Waals surface area contributed by atoms with Gasteiger partial charge in [-0.05, 0) is 50.5 Å². The quantitative estimate of drug-likeness (QED) is 0.549. The van der Waals surface area contributed by atoms with Crippen molar-refractivity contribution in [1.29, 1.82) is 5.41 Å². The van der Waals surface area contributed by atoms with Gasteiger partial charge >= 0.3 is 0 Å². The number of amidine groups is 1. The fourth-order valence-corrected chi connectivity index (χ4v) is 2.59.